The largest absolute Gasteiger partial charge is 0.493 e. The van der Waals surface area contributed by atoms with Gasteiger partial charge in [-0.15, -0.1) is 0 Å². The molecule has 0 unspecified atom stereocenters. The first-order chi connectivity index (χ1) is 12.2. The molecule has 1 aliphatic rings. The monoisotopic (exact) mass is 339 g/mol. The van der Waals surface area contributed by atoms with E-state index in [1.807, 2.05) is 55.5 Å². The van der Waals surface area contributed by atoms with E-state index in [9.17, 15) is 4.79 Å². The van der Waals surface area contributed by atoms with Gasteiger partial charge in [0.2, 0.25) is 0 Å². The van der Waals surface area contributed by atoms with Gasteiger partial charge in [-0.3, -0.25) is 0 Å². The highest BCUT2D eigenvalue weighted by Crippen LogP contribution is 2.36. The average molecular weight is 339 g/mol. The van der Waals surface area contributed by atoms with Gasteiger partial charge in [-0.2, -0.15) is 0 Å². The maximum Gasteiger partial charge on any atom is 0.342 e. The molecule has 2 aromatic carbocycles. The number of nitrogens with one attached hydrogen (secondary N) is 1. The zero-order valence-electron chi connectivity index (χ0n) is 14.7. The number of para-hydroxylation sites is 1. The Morgan fingerprint density at radius 1 is 1.04 bits per heavy atom. The van der Waals surface area contributed by atoms with E-state index in [0.717, 1.165) is 37.9 Å². The maximum absolute atomic E-state index is 13.0. The van der Waals surface area contributed by atoms with Crippen molar-refractivity contribution in [1.29, 1.82) is 0 Å². The summed E-state index contributed by atoms with van der Waals surface area (Å²) in [5.41, 5.74) is 0.961. The van der Waals surface area contributed by atoms with Crippen LogP contribution < -0.4 is 10.1 Å². The number of benzene rings is 2. The minimum Gasteiger partial charge on any atom is -0.493 e. The molecule has 3 rings (SSSR count). The zero-order chi connectivity index (χ0) is 17.5. The van der Waals surface area contributed by atoms with E-state index in [-0.39, 0.29) is 5.97 Å². The predicted octanol–water partition coefficient (Wildman–Crippen LogP) is 3.91. The number of carbonyl (C=O) groups is 1. The molecular formula is C21H25NO3. The van der Waals surface area contributed by atoms with Crippen molar-refractivity contribution in [2.75, 3.05) is 19.7 Å². The molecule has 25 heavy (non-hydrogen) atoms. The molecule has 1 saturated heterocycles. The molecule has 2 aromatic rings. The Morgan fingerprint density at radius 2 is 1.72 bits per heavy atom. The fraction of sp³-hybridized carbons (Fsp3) is 0.381. The van der Waals surface area contributed by atoms with Gasteiger partial charge in [0.15, 0.2) is 0 Å². The van der Waals surface area contributed by atoms with Gasteiger partial charge in [-0.05, 0) is 37.2 Å². The number of piperidine rings is 1. The Labute approximate surface area is 149 Å². The molecule has 0 radical (unpaired) electrons. The van der Waals surface area contributed by atoms with Crippen LogP contribution in [0.1, 0.15) is 42.1 Å². The first-order valence-electron chi connectivity index (χ1n) is 8.96. The van der Waals surface area contributed by atoms with Crippen LogP contribution in [0.5, 0.6) is 5.75 Å². The third kappa shape index (κ3) is 4.02. The summed E-state index contributed by atoms with van der Waals surface area (Å²) in [5.74, 6) is 0.268. The second-order valence-electron chi connectivity index (χ2n) is 6.34. The molecule has 1 heterocycles. The summed E-state index contributed by atoms with van der Waals surface area (Å²) in [6.45, 7) is 4.28. The minimum absolute atomic E-state index is 0.322. The first-order valence-corrected chi connectivity index (χ1v) is 8.96. The van der Waals surface area contributed by atoms with E-state index >= 15 is 0 Å². The third-order valence-corrected chi connectivity index (χ3v) is 4.57. The molecule has 0 bridgehead atoms. The SMILES string of the molecule is CCCOc1ccccc1C(=O)OC1(c2ccccc2)CCNCC1. The number of carbonyl (C=O) groups excluding carboxylic acids is 1. The second kappa shape index (κ2) is 8.17. The van der Waals surface area contributed by atoms with E-state index in [1.165, 1.54) is 0 Å². The van der Waals surface area contributed by atoms with Gasteiger partial charge in [-0.25, -0.2) is 4.79 Å². The lowest BCUT2D eigenvalue weighted by atomic mass is 9.84. The van der Waals surface area contributed by atoms with Crippen molar-refractivity contribution in [1.82, 2.24) is 5.32 Å². The van der Waals surface area contributed by atoms with Gasteiger partial charge in [0.05, 0.1) is 6.61 Å². The average Bonchev–Trinajstić information content (AvgIpc) is 2.68. The molecule has 0 spiro atoms. The molecular weight excluding hydrogens is 314 g/mol. The van der Waals surface area contributed by atoms with E-state index in [2.05, 4.69) is 5.32 Å². The molecule has 0 amide bonds. The number of hydrogen-bond acceptors (Lipinski definition) is 4. The highest BCUT2D eigenvalue weighted by Gasteiger charge is 2.38. The third-order valence-electron chi connectivity index (χ3n) is 4.57. The van der Waals surface area contributed by atoms with Crippen LogP contribution in [0.4, 0.5) is 0 Å². The van der Waals surface area contributed by atoms with E-state index in [4.69, 9.17) is 9.47 Å². The number of ether oxygens (including phenoxy) is 2. The Balaban J connectivity index is 1.87. The summed E-state index contributed by atoms with van der Waals surface area (Å²) in [6.07, 6.45) is 2.42. The molecule has 1 N–H and O–H groups in total. The number of hydrogen-bond donors (Lipinski definition) is 1. The topological polar surface area (TPSA) is 47.6 Å². The van der Waals surface area contributed by atoms with Gasteiger partial charge in [0.25, 0.3) is 0 Å². The van der Waals surface area contributed by atoms with Crippen molar-refractivity contribution in [3.63, 3.8) is 0 Å². The van der Waals surface area contributed by atoms with Crippen LogP contribution in [-0.4, -0.2) is 25.7 Å². The summed E-state index contributed by atoms with van der Waals surface area (Å²) in [5, 5.41) is 3.35. The van der Waals surface area contributed by atoms with Gasteiger partial charge in [-0.1, -0.05) is 49.4 Å². The lowest BCUT2D eigenvalue weighted by Crippen LogP contribution is -2.43. The summed E-state index contributed by atoms with van der Waals surface area (Å²) in [7, 11) is 0. The van der Waals surface area contributed by atoms with E-state index in [0.29, 0.717) is 17.9 Å². The normalized spacial score (nSPS) is 16.2. The van der Waals surface area contributed by atoms with Crippen LogP contribution in [0.2, 0.25) is 0 Å². The number of esters is 1. The fourth-order valence-electron chi connectivity index (χ4n) is 3.23. The molecule has 0 atom stereocenters. The van der Waals surface area contributed by atoms with Gasteiger partial charge in [0.1, 0.15) is 16.9 Å². The van der Waals surface area contributed by atoms with E-state index < -0.39 is 5.60 Å². The molecule has 132 valence electrons. The van der Waals surface area contributed by atoms with Crippen LogP contribution in [0.3, 0.4) is 0 Å². The highest BCUT2D eigenvalue weighted by atomic mass is 16.6. The van der Waals surface area contributed by atoms with Crippen molar-refractivity contribution in [3.8, 4) is 5.75 Å². The molecule has 1 aliphatic heterocycles. The van der Waals surface area contributed by atoms with Gasteiger partial charge < -0.3 is 14.8 Å². The van der Waals surface area contributed by atoms with Crippen LogP contribution in [0.15, 0.2) is 54.6 Å². The Hall–Kier alpha value is -2.33. The zero-order valence-corrected chi connectivity index (χ0v) is 14.7. The first kappa shape index (κ1) is 17.5. The Morgan fingerprint density at radius 3 is 2.44 bits per heavy atom. The maximum atomic E-state index is 13.0. The van der Waals surface area contributed by atoms with Crippen molar-refractivity contribution in [2.45, 2.75) is 31.8 Å². The summed E-state index contributed by atoms with van der Waals surface area (Å²) >= 11 is 0. The lowest BCUT2D eigenvalue weighted by molar-refractivity contribution is -0.0381. The van der Waals surface area contributed by atoms with Crippen LogP contribution in [0.25, 0.3) is 0 Å². The molecule has 0 aromatic heterocycles. The predicted molar refractivity (Wildman–Crippen MR) is 97.9 cm³/mol. The molecule has 4 nitrogen and oxygen atoms in total. The van der Waals surface area contributed by atoms with Crippen molar-refractivity contribution in [3.05, 3.63) is 65.7 Å². The van der Waals surface area contributed by atoms with Crippen molar-refractivity contribution < 1.29 is 14.3 Å². The number of rotatable bonds is 6. The highest BCUT2D eigenvalue weighted by molar-refractivity contribution is 5.92. The molecule has 0 saturated carbocycles. The standard InChI is InChI=1S/C21H25NO3/c1-2-16-24-19-11-7-6-10-18(19)20(23)25-21(12-14-22-15-13-21)17-8-4-3-5-9-17/h3-11,22H,2,12-16H2,1H3. The molecule has 4 heteroatoms. The second-order valence-corrected chi connectivity index (χ2v) is 6.34. The van der Waals surface area contributed by atoms with Crippen LogP contribution in [0, 0.1) is 0 Å². The summed E-state index contributed by atoms with van der Waals surface area (Å²) in [6, 6.07) is 17.4. The quantitative estimate of drug-likeness (QED) is 0.811. The van der Waals surface area contributed by atoms with Crippen molar-refractivity contribution >= 4 is 5.97 Å². The Bertz CT molecular complexity index is 693. The Kier molecular flexibility index (Phi) is 5.71. The summed E-state index contributed by atoms with van der Waals surface area (Å²) < 4.78 is 11.8. The molecule has 0 aliphatic carbocycles. The van der Waals surface area contributed by atoms with Crippen molar-refractivity contribution in [2.24, 2.45) is 0 Å². The smallest absolute Gasteiger partial charge is 0.342 e. The van der Waals surface area contributed by atoms with Crippen LogP contribution in [-0.2, 0) is 10.3 Å². The molecule has 1 fully saturated rings. The van der Waals surface area contributed by atoms with E-state index in [1.54, 1.807) is 6.07 Å². The van der Waals surface area contributed by atoms with Gasteiger partial charge >= 0.3 is 5.97 Å². The lowest BCUT2D eigenvalue weighted by Gasteiger charge is -2.37. The minimum atomic E-state index is -0.582. The van der Waals surface area contributed by atoms with Crippen LogP contribution >= 0.6 is 0 Å². The summed E-state index contributed by atoms with van der Waals surface area (Å²) in [4.78, 5) is 13.0. The fourth-order valence-corrected chi connectivity index (χ4v) is 3.23. The van der Waals surface area contributed by atoms with Gasteiger partial charge in [0, 0.05) is 12.8 Å².